The number of nitrogens with zero attached hydrogens (tertiary/aromatic N) is 1. The van der Waals surface area contributed by atoms with Gasteiger partial charge in [-0.1, -0.05) is 11.2 Å². The van der Waals surface area contributed by atoms with Gasteiger partial charge in [-0.15, -0.1) is 0 Å². The van der Waals surface area contributed by atoms with E-state index in [1.807, 2.05) is 0 Å². The Morgan fingerprint density at radius 2 is 1.86 bits per heavy atom. The molecule has 0 spiro atoms. The van der Waals surface area contributed by atoms with E-state index in [2.05, 4.69) is 9.88 Å². The molecule has 0 aliphatic heterocycles. The Morgan fingerprint density at radius 1 is 1.14 bits per heavy atom. The average molecular weight is 416 g/mol. The Balaban J connectivity index is 1.74. The topological polar surface area (TPSA) is 108 Å². The second kappa shape index (κ2) is 8.36. The van der Waals surface area contributed by atoms with Crippen LogP contribution >= 0.6 is 0 Å². The van der Waals surface area contributed by atoms with Crippen molar-refractivity contribution in [2.45, 2.75) is 25.3 Å². The number of esters is 1. The van der Waals surface area contributed by atoms with Gasteiger partial charge in [0.1, 0.15) is 18.1 Å². The standard InChI is InChI=1S/C20H20N2O6S/c1-13-19(14(2)28-21-13)12-27-20(23)15-5-4-6-18(11-15)29(24,25)22-16-7-9-17(26-3)10-8-16/h4-11,22H,12H2,1-3H3. The van der Waals surface area contributed by atoms with Crippen LogP contribution in [0.4, 0.5) is 5.69 Å². The molecule has 0 saturated carbocycles. The molecule has 2 aromatic carbocycles. The number of methoxy groups -OCH3 is 1. The highest BCUT2D eigenvalue weighted by Crippen LogP contribution is 2.21. The molecular weight excluding hydrogens is 396 g/mol. The Hall–Kier alpha value is -3.33. The lowest BCUT2D eigenvalue weighted by Crippen LogP contribution is -2.14. The van der Waals surface area contributed by atoms with Crippen molar-refractivity contribution in [3.8, 4) is 5.75 Å². The molecule has 0 aliphatic carbocycles. The number of anilines is 1. The van der Waals surface area contributed by atoms with Gasteiger partial charge in [0.15, 0.2) is 0 Å². The zero-order valence-electron chi connectivity index (χ0n) is 16.1. The molecule has 1 aromatic heterocycles. The van der Waals surface area contributed by atoms with Crippen molar-refractivity contribution in [2.24, 2.45) is 0 Å². The Morgan fingerprint density at radius 3 is 2.48 bits per heavy atom. The summed E-state index contributed by atoms with van der Waals surface area (Å²) in [6.45, 7) is 3.46. The van der Waals surface area contributed by atoms with Gasteiger partial charge in [-0.25, -0.2) is 13.2 Å². The van der Waals surface area contributed by atoms with E-state index in [4.69, 9.17) is 14.0 Å². The highest BCUT2D eigenvalue weighted by Gasteiger charge is 2.18. The van der Waals surface area contributed by atoms with Crippen molar-refractivity contribution in [2.75, 3.05) is 11.8 Å². The lowest BCUT2D eigenvalue weighted by atomic mass is 10.2. The first-order valence-corrected chi connectivity index (χ1v) is 10.1. The molecule has 8 nitrogen and oxygen atoms in total. The number of aryl methyl sites for hydroxylation is 2. The lowest BCUT2D eigenvalue weighted by Gasteiger charge is -2.10. The maximum absolute atomic E-state index is 12.6. The van der Waals surface area contributed by atoms with Gasteiger partial charge >= 0.3 is 5.97 Å². The fraction of sp³-hybridized carbons (Fsp3) is 0.200. The molecule has 0 atom stereocenters. The molecule has 0 bridgehead atoms. The number of hydrogen-bond acceptors (Lipinski definition) is 7. The molecule has 9 heteroatoms. The predicted octanol–water partition coefficient (Wildman–Crippen LogP) is 3.46. The van der Waals surface area contributed by atoms with E-state index in [1.54, 1.807) is 38.1 Å². The molecule has 3 aromatic rings. The van der Waals surface area contributed by atoms with Crippen molar-refractivity contribution in [3.63, 3.8) is 0 Å². The minimum absolute atomic E-state index is 0.0128. The molecular formula is C20H20N2O6S. The van der Waals surface area contributed by atoms with Crippen LogP contribution in [0.15, 0.2) is 57.9 Å². The fourth-order valence-corrected chi connectivity index (χ4v) is 3.70. The molecule has 29 heavy (non-hydrogen) atoms. The normalized spacial score (nSPS) is 11.1. The van der Waals surface area contributed by atoms with Crippen LogP contribution in [0, 0.1) is 13.8 Å². The van der Waals surface area contributed by atoms with Crippen molar-refractivity contribution < 1.29 is 27.2 Å². The smallest absolute Gasteiger partial charge is 0.338 e. The van der Waals surface area contributed by atoms with E-state index in [1.165, 1.54) is 31.4 Å². The van der Waals surface area contributed by atoms with E-state index >= 15 is 0 Å². The van der Waals surface area contributed by atoms with Crippen LogP contribution < -0.4 is 9.46 Å². The second-order valence-electron chi connectivity index (χ2n) is 6.24. The van der Waals surface area contributed by atoms with Gasteiger partial charge in [0.05, 0.1) is 28.8 Å². The first-order chi connectivity index (χ1) is 13.8. The SMILES string of the molecule is COc1ccc(NS(=O)(=O)c2cccc(C(=O)OCc3c(C)noc3C)c2)cc1. The first-order valence-electron chi connectivity index (χ1n) is 8.66. The van der Waals surface area contributed by atoms with E-state index in [-0.39, 0.29) is 17.1 Å². The van der Waals surface area contributed by atoms with E-state index < -0.39 is 16.0 Å². The van der Waals surface area contributed by atoms with Gasteiger partial charge in [0.2, 0.25) is 0 Å². The molecule has 3 rings (SSSR count). The maximum atomic E-state index is 12.6. The van der Waals surface area contributed by atoms with Gasteiger partial charge in [0.25, 0.3) is 10.0 Å². The average Bonchev–Trinajstić information content (AvgIpc) is 3.04. The summed E-state index contributed by atoms with van der Waals surface area (Å²) >= 11 is 0. The quantitative estimate of drug-likeness (QED) is 0.588. The van der Waals surface area contributed by atoms with Crippen LogP contribution in [0.3, 0.4) is 0 Å². The minimum atomic E-state index is -3.88. The van der Waals surface area contributed by atoms with Crippen LogP contribution in [-0.2, 0) is 21.4 Å². The van der Waals surface area contributed by atoms with Crippen molar-refractivity contribution in [1.82, 2.24) is 5.16 Å². The molecule has 0 unspecified atom stereocenters. The molecule has 0 aliphatic rings. The molecule has 152 valence electrons. The number of ether oxygens (including phenoxy) is 2. The monoisotopic (exact) mass is 416 g/mol. The van der Waals surface area contributed by atoms with Gasteiger partial charge in [-0.2, -0.15) is 0 Å². The predicted molar refractivity (Wildman–Crippen MR) is 105 cm³/mol. The van der Waals surface area contributed by atoms with E-state index in [0.29, 0.717) is 28.5 Å². The fourth-order valence-electron chi connectivity index (χ4n) is 2.59. The lowest BCUT2D eigenvalue weighted by molar-refractivity contribution is 0.0470. The minimum Gasteiger partial charge on any atom is -0.497 e. The van der Waals surface area contributed by atoms with Crippen molar-refractivity contribution in [1.29, 1.82) is 0 Å². The van der Waals surface area contributed by atoms with Crippen LogP contribution in [0.1, 0.15) is 27.4 Å². The van der Waals surface area contributed by atoms with Gasteiger partial charge < -0.3 is 14.0 Å². The zero-order chi connectivity index (χ0) is 21.0. The molecule has 1 N–H and O–H groups in total. The summed E-state index contributed by atoms with van der Waals surface area (Å²) in [4.78, 5) is 12.3. The number of nitrogens with one attached hydrogen (secondary N) is 1. The van der Waals surface area contributed by atoms with Crippen LogP contribution in [-0.4, -0.2) is 26.7 Å². The number of benzene rings is 2. The number of rotatable bonds is 7. The molecule has 0 amide bonds. The number of carbonyl (C=O) groups is 1. The van der Waals surface area contributed by atoms with Crippen LogP contribution in [0.25, 0.3) is 0 Å². The third-order valence-corrected chi connectivity index (χ3v) is 5.63. The molecule has 0 saturated heterocycles. The number of aromatic nitrogens is 1. The van der Waals surface area contributed by atoms with E-state index in [0.717, 1.165) is 0 Å². The third-order valence-electron chi connectivity index (χ3n) is 4.25. The summed E-state index contributed by atoms with van der Waals surface area (Å²) in [5, 5.41) is 3.80. The highest BCUT2D eigenvalue weighted by molar-refractivity contribution is 7.92. The van der Waals surface area contributed by atoms with Gasteiger partial charge in [-0.05, 0) is 56.3 Å². The van der Waals surface area contributed by atoms with Crippen molar-refractivity contribution in [3.05, 3.63) is 71.1 Å². The largest absolute Gasteiger partial charge is 0.497 e. The third kappa shape index (κ3) is 4.75. The zero-order valence-corrected chi connectivity index (χ0v) is 16.9. The summed E-state index contributed by atoms with van der Waals surface area (Å²) in [6.07, 6.45) is 0. The first kappa shape index (κ1) is 20.4. The Kier molecular flexibility index (Phi) is 5.88. The number of hydrogen-bond donors (Lipinski definition) is 1. The number of carbonyl (C=O) groups excluding carboxylic acids is 1. The molecule has 0 fully saturated rings. The summed E-state index contributed by atoms with van der Waals surface area (Å²) in [7, 11) is -2.36. The highest BCUT2D eigenvalue weighted by atomic mass is 32.2. The summed E-state index contributed by atoms with van der Waals surface area (Å²) in [6, 6.07) is 12.1. The number of sulfonamides is 1. The Labute approximate surface area is 168 Å². The van der Waals surface area contributed by atoms with Crippen LogP contribution in [0.2, 0.25) is 0 Å². The van der Waals surface area contributed by atoms with Crippen LogP contribution in [0.5, 0.6) is 5.75 Å². The van der Waals surface area contributed by atoms with Gasteiger partial charge in [0, 0.05) is 5.69 Å². The molecule has 0 radical (unpaired) electrons. The van der Waals surface area contributed by atoms with E-state index in [9.17, 15) is 13.2 Å². The van der Waals surface area contributed by atoms with Gasteiger partial charge in [-0.3, -0.25) is 4.72 Å². The van der Waals surface area contributed by atoms with Crippen molar-refractivity contribution >= 4 is 21.7 Å². The summed E-state index contributed by atoms with van der Waals surface area (Å²) < 4.78 is 43.1. The summed E-state index contributed by atoms with van der Waals surface area (Å²) in [5.74, 6) is 0.526. The maximum Gasteiger partial charge on any atom is 0.338 e. The second-order valence-corrected chi connectivity index (χ2v) is 7.92. The molecule has 1 heterocycles. The summed E-state index contributed by atoms with van der Waals surface area (Å²) in [5.41, 5.74) is 1.81. The Bertz CT molecular complexity index is 1100.